The Labute approximate surface area is 183 Å². The van der Waals surface area contributed by atoms with E-state index in [-0.39, 0.29) is 11.7 Å². The SMILES string of the molecule is CCn1c2ccccc2c2cc(NC(=O)CSc3ncnn3-c3ccccc3)ccc21. The number of hydrogen-bond donors (Lipinski definition) is 1. The molecule has 0 aliphatic heterocycles. The fourth-order valence-electron chi connectivity index (χ4n) is 3.87. The third-order valence-electron chi connectivity index (χ3n) is 5.22. The molecule has 0 radical (unpaired) electrons. The van der Waals surface area contributed by atoms with Gasteiger partial charge in [0.2, 0.25) is 5.91 Å². The van der Waals surface area contributed by atoms with Crippen molar-refractivity contribution in [2.75, 3.05) is 11.1 Å². The summed E-state index contributed by atoms with van der Waals surface area (Å²) < 4.78 is 4.03. The number of benzene rings is 3. The second-order valence-electron chi connectivity index (χ2n) is 7.12. The summed E-state index contributed by atoms with van der Waals surface area (Å²) in [7, 11) is 0. The molecule has 154 valence electrons. The fraction of sp³-hybridized carbons (Fsp3) is 0.125. The standard InChI is InChI=1S/C24H21N5OS/c1-2-28-21-11-7-6-10-19(21)20-14-17(12-13-22(20)28)27-23(30)15-31-24-25-16-26-29(24)18-8-4-3-5-9-18/h3-14,16H,2,15H2,1H3,(H,27,30). The van der Waals surface area contributed by atoms with Gasteiger partial charge in [-0.05, 0) is 43.3 Å². The Morgan fingerprint density at radius 3 is 2.58 bits per heavy atom. The molecule has 5 aromatic rings. The number of amides is 1. The largest absolute Gasteiger partial charge is 0.341 e. The quantitative estimate of drug-likeness (QED) is 0.382. The maximum absolute atomic E-state index is 12.6. The third-order valence-corrected chi connectivity index (χ3v) is 6.17. The number of carbonyl (C=O) groups is 1. The number of carbonyl (C=O) groups excluding carboxylic acids is 1. The Balaban J connectivity index is 1.34. The number of nitrogens with one attached hydrogen (secondary N) is 1. The van der Waals surface area contributed by atoms with E-state index in [1.807, 2.05) is 42.5 Å². The van der Waals surface area contributed by atoms with Gasteiger partial charge >= 0.3 is 0 Å². The highest BCUT2D eigenvalue weighted by Gasteiger charge is 2.13. The topological polar surface area (TPSA) is 64.7 Å². The van der Waals surface area contributed by atoms with Crippen LogP contribution in [-0.2, 0) is 11.3 Å². The van der Waals surface area contributed by atoms with Crippen LogP contribution in [0.3, 0.4) is 0 Å². The van der Waals surface area contributed by atoms with E-state index >= 15 is 0 Å². The lowest BCUT2D eigenvalue weighted by molar-refractivity contribution is -0.113. The van der Waals surface area contributed by atoms with Gasteiger partial charge < -0.3 is 9.88 Å². The maximum Gasteiger partial charge on any atom is 0.234 e. The van der Waals surface area contributed by atoms with Crippen molar-refractivity contribution in [3.8, 4) is 5.69 Å². The molecule has 1 amide bonds. The number of nitrogens with zero attached hydrogens (tertiary/aromatic N) is 4. The lowest BCUT2D eigenvalue weighted by Crippen LogP contribution is -2.14. The van der Waals surface area contributed by atoms with Crippen LogP contribution in [0.4, 0.5) is 5.69 Å². The molecule has 0 fully saturated rings. The molecule has 0 saturated heterocycles. The molecule has 6 nitrogen and oxygen atoms in total. The van der Waals surface area contributed by atoms with Crippen molar-refractivity contribution >= 4 is 45.2 Å². The van der Waals surface area contributed by atoms with Crippen molar-refractivity contribution < 1.29 is 4.79 Å². The molecule has 7 heteroatoms. The summed E-state index contributed by atoms with van der Waals surface area (Å²) in [5, 5.41) is 10.3. The van der Waals surface area contributed by atoms with Crippen LogP contribution in [-0.4, -0.2) is 31.0 Å². The lowest BCUT2D eigenvalue weighted by atomic mass is 10.1. The van der Waals surface area contributed by atoms with Crippen LogP contribution in [0, 0.1) is 0 Å². The summed E-state index contributed by atoms with van der Waals surface area (Å²) in [5.74, 6) is 0.173. The third kappa shape index (κ3) is 3.68. The molecule has 5 rings (SSSR count). The summed E-state index contributed by atoms with van der Waals surface area (Å²) in [4.78, 5) is 16.9. The Morgan fingerprint density at radius 2 is 1.74 bits per heavy atom. The first kappa shape index (κ1) is 19.4. The molecular formula is C24H21N5OS. The first-order valence-corrected chi connectivity index (χ1v) is 11.1. The average molecular weight is 428 g/mol. The van der Waals surface area contributed by atoms with Gasteiger partial charge in [-0.1, -0.05) is 48.2 Å². The Morgan fingerprint density at radius 1 is 0.968 bits per heavy atom. The minimum absolute atomic E-state index is 0.0776. The zero-order valence-corrected chi connectivity index (χ0v) is 17.8. The van der Waals surface area contributed by atoms with E-state index < -0.39 is 0 Å². The number of aromatic nitrogens is 4. The Hall–Kier alpha value is -3.58. The van der Waals surface area contributed by atoms with Crippen LogP contribution in [0.15, 0.2) is 84.3 Å². The van der Waals surface area contributed by atoms with E-state index in [0.29, 0.717) is 5.16 Å². The van der Waals surface area contributed by atoms with Crippen molar-refractivity contribution in [2.24, 2.45) is 0 Å². The van der Waals surface area contributed by atoms with Crippen LogP contribution < -0.4 is 5.32 Å². The summed E-state index contributed by atoms with van der Waals surface area (Å²) in [6, 6.07) is 24.2. The molecule has 0 bridgehead atoms. The van der Waals surface area contributed by atoms with E-state index in [4.69, 9.17) is 0 Å². The highest BCUT2D eigenvalue weighted by molar-refractivity contribution is 7.99. The molecule has 1 N–H and O–H groups in total. The molecule has 0 saturated carbocycles. The summed E-state index contributed by atoms with van der Waals surface area (Å²) in [5.41, 5.74) is 4.09. The van der Waals surface area contributed by atoms with Crippen molar-refractivity contribution in [1.29, 1.82) is 0 Å². The van der Waals surface area contributed by atoms with Gasteiger partial charge in [-0.3, -0.25) is 4.79 Å². The van der Waals surface area contributed by atoms with Crippen LogP contribution in [0.2, 0.25) is 0 Å². The van der Waals surface area contributed by atoms with Crippen LogP contribution in [0.5, 0.6) is 0 Å². The number of aryl methyl sites for hydroxylation is 1. The molecule has 2 heterocycles. The highest BCUT2D eigenvalue weighted by Crippen LogP contribution is 2.31. The van der Waals surface area contributed by atoms with Crippen molar-refractivity contribution in [3.05, 3.63) is 79.1 Å². The van der Waals surface area contributed by atoms with Crippen molar-refractivity contribution in [3.63, 3.8) is 0 Å². The van der Waals surface area contributed by atoms with Crippen molar-refractivity contribution in [1.82, 2.24) is 19.3 Å². The van der Waals surface area contributed by atoms with Gasteiger partial charge in [0, 0.05) is 34.0 Å². The minimum Gasteiger partial charge on any atom is -0.341 e. The molecule has 3 aromatic carbocycles. The number of para-hydroxylation sites is 2. The van der Waals surface area contributed by atoms with E-state index in [2.05, 4.69) is 57.2 Å². The van der Waals surface area contributed by atoms with Crippen LogP contribution in [0.1, 0.15) is 6.92 Å². The van der Waals surface area contributed by atoms with Gasteiger partial charge in [0.25, 0.3) is 0 Å². The first-order valence-electron chi connectivity index (χ1n) is 10.1. The number of thioether (sulfide) groups is 1. The van der Waals surface area contributed by atoms with Gasteiger partial charge in [-0.2, -0.15) is 5.10 Å². The van der Waals surface area contributed by atoms with Crippen LogP contribution >= 0.6 is 11.8 Å². The Bertz CT molecular complexity index is 1370. The molecular weight excluding hydrogens is 406 g/mol. The van der Waals surface area contributed by atoms with Gasteiger partial charge in [0.1, 0.15) is 6.33 Å². The second-order valence-corrected chi connectivity index (χ2v) is 8.06. The average Bonchev–Trinajstić information content (AvgIpc) is 3.40. The minimum atomic E-state index is -0.0776. The number of rotatable bonds is 6. The molecule has 31 heavy (non-hydrogen) atoms. The number of anilines is 1. The van der Waals surface area contributed by atoms with Crippen molar-refractivity contribution in [2.45, 2.75) is 18.6 Å². The smallest absolute Gasteiger partial charge is 0.234 e. The zero-order chi connectivity index (χ0) is 21.2. The zero-order valence-electron chi connectivity index (χ0n) is 17.0. The van der Waals surface area contributed by atoms with Gasteiger partial charge in [-0.25, -0.2) is 9.67 Å². The number of fused-ring (bicyclic) bond motifs is 3. The van der Waals surface area contributed by atoms with E-state index in [1.54, 1.807) is 4.68 Å². The van der Waals surface area contributed by atoms with E-state index in [0.717, 1.165) is 23.3 Å². The number of hydrogen-bond acceptors (Lipinski definition) is 4. The summed E-state index contributed by atoms with van der Waals surface area (Å²) in [6.07, 6.45) is 1.50. The van der Waals surface area contributed by atoms with Crippen LogP contribution in [0.25, 0.3) is 27.5 Å². The molecule has 0 unspecified atom stereocenters. The first-order chi connectivity index (χ1) is 15.2. The maximum atomic E-state index is 12.6. The van der Waals surface area contributed by atoms with Gasteiger partial charge in [-0.15, -0.1) is 0 Å². The monoisotopic (exact) mass is 427 g/mol. The fourth-order valence-corrected chi connectivity index (χ4v) is 4.60. The predicted octanol–water partition coefficient (Wildman–Crippen LogP) is 5.13. The molecule has 2 aromatic heterocycles. The van der Waals surface area contributed by atoms with Gasteiger partial charge in [0.15, 0.2) is 5.16 Å². The normalized spacial score (nSPS) is 11.3. The van der Waals surface area contributed by atoms with Gasteiger partial charge in [0.05, 0.1) is 11.4 Å². The summed E-state index contributed by atoms with van der Waals surface area (Å²) in [6.45, 7) is 3.04. The second kappa shape index (κ2) is 8.28. The summed E-state index contributed by atoms with van der Waals surface area (Å²) >= 11 is 1.36. The molecule has 0 aliphatic rings. The molecule has 0 spiro atoms. The van der Waals surface area contributed by atoms with E-state index in [1.165, 1.54) is 34.5 Å². The highest BCUT2D eigenvalue weighted by atomic mass is 32.2. The molecule has 0 atom stereocenters. The molecule has 0 aliphatic carbocycles. The lowest BCUT2D eigenvalue weighted by Gasteiger charge is -2.07. The Kier molecular flexibility index (Phi) is 5.18. The predicted molar refractivity (Wildman–Crippen MR) is 126 cm³/mol. The van der Waals surface area contributed by atoms with E-state index in [9.17, 15) is 4.79 Å².